The number of nitrogens with zero attached hydrogens (tertiary/aromatic N) is 2. The van der Waals surface area contributed by atoms with Crippen LogP contribution in [0.1, 0.15) is 34.0 Å². The van der Waals surface area contributed by atoms with Crippen LogP contribution >= 0.6 is 0 Å². The van der Waals surface area contributed by atoms with E-state index >= 15 is 0 Å². The van der Waals surface area contributed by atoms with E-state index in [4.69, 9.17) is 4.74 Å². The molecule has 0 unspecified atom stereocenters. The molecule has 19 heavy (non-hydrogen) atoms. The van der Waals surface area contributed by atoms with E-state index in [-0.39, 0.29) is 5.97 Å². The van der Waals surface area contributed by atoms with Crippen LogP contribution in [-0.2, 0) is 6.54 Å². The van der Waals surface area contributed by atoms with Gasteiger partial charge in [0.05, 0.1) is 11.8 Å². The van der Waals surface area contributed by atoms with Gasteiger partial charge in [0.1, 0.15) is 5.75 Å². The topological polar surface area (TPSA) is 44.1 Å². The molecule has 2 aromatic rings. The molecule has 0 fully saturated rings. The minimum Gasteiger partial charge on any atom is -0.422 e. The average Bonchev–Trinajstić information content (AvgIpc) is 2.82. The highest BCUT2D eigenvalue weighted by Gasteiger charge is 2.14. The van der Waals surface area contributed by atoms with Gasteiger partial charge in [0.25, 0.3) is 0 Å². The largest absolute Gasteiger partial charge is 0.422 e. The Kier molecular flexibility index (Phi) is 3.69. The molecule has 1 aromatic heterocycles. The van der Waals surface area contributed by atoms with Crippen molar-refractivity contribution in [2.24, 2.45) is 0 Å². The molecule has 1 heterocycles. The van der Waals surface area contributed by atoms with Crippen molar-refractivity contribution in [2.45, 2.75) is 34.2 Å². The van der Waals surface area contributed by atoms with Gasteiger partial charge in [0, 0.05) is 12.7 Å². The Balaban J connectivity index is 2.24. The zero-order chi connectivity index (χ0) is 14.0. The molecular weight excluding hydrogens is 240 g/mol. The van der Waals surface area contributed by atoms with Gasteiger partial charge >= 0.3 is 5.97 Å². The molecule has 1 aromatic carbocycles. The van der Waals surface area contributed by atoms with Crippen molar-refractivity contribution in [3.63, 3.8) is 0 Å². The number of benzene rings is 1. The predicted octanol–water partition coefficient (Wildman–Crippen LogP) is 3.05. The van der Waals surface area contributed by atoms with Gasteiger partial charge in [-0.1, -0.05) is 17.7 Å². The van der Waals surface area contributed by atoms with Crippen molar-refractivity contribution in [1.82, 2.24) is 9.78 Å². The van der Waals surface area contributed by atoms with E-state index in [0.717, 1.165) is 23.2 Å². The number of hydrogen-bond donors (Lipinski definition) is 0. The van der Waals surface area contributed by atoms with Crippen LogP contribution in [-0.4, -0.2) is 15.7 Å². The average molecular weight is 258 g/mol. The third kappa shape index (κ3) is 2.84. The van der Waals surface area contributed by atoms with Crippen LogP contribution in [0.25, 0.3) is 0 Å². The Morgan fingerprint density at radius 3 is 2.42 bits per heavy atom. The number of carbonyl (C=O) groups excluding carboxylic acids is 1. The van der Waals surface area contributed by atoms with Crippen LogP contribution in [0.15, 0.2) is 24.5 Å². The lowest BCUT2D eigenvalue weighted by molar-refractivity contribution is 0.0732. The lowest BCUT2D eigenvalue weighted by Crippen LogP contribution is -2.09. The highest BCUT2D eigenvalue weighted by atomic mass is 16.5. The maximum absolute atomic E-state index is 12.1. The third-order valence-electron chi connectivity index (χ3n) is 2.99. The maximum Gasteiger partial charge on any atom is 0.346 e. The number of esters is 1. The molecule has 0 spiro atoms. The second-order valence-electron chi connectivity index (χ2n) is 4.70. The minimum atomic E-state index is -0.366. The van der Waals surface area contributed by atoms with Gasteiger partial charge < -0.3 is 4.74 Å². The Hall–Kier alpha value is -2.10. The monoisotopic (exact) mass is 258 g/mol. The van der Waals surface area contributed by atoms with Crippen molar-refractivity contribution in [2.75, 3.05) is 0 Å². The van der Waals surface area contributed by atoms with Gasteiger partial charge in [-0.15, -0.1) is 0 Å². The standard InChI is InChI=1S/C15H18N2O2/c1-5-17-9-13(8-16-17)15(18)19-14-11(3)6-10(2)7-12(14)4/h6-9H,5H2,1-4H3. The molecular formula is C15H18N2O2. The van der Waals surface area contributed by atoms with Crippen LogP contribution in [0, 0.1) is 20.8 Å². The van der Waals surface area contributed by atoms with Crippen LogP contribution in [0.3, 0.4) is 0 Å². The quantitative estimate of drug-likeness (QED) is 0.628. The molecule has 0 aliphatic heterocycles. The van der Waals surface area contributed by atoms with Crippen LogP contribution < -0.4 is 4.74 Å². The van der Waals surface area contributed by atoms with Crippen LogP contribution in [0.2, 0.25) is 0 Å². The molecule has 0 radical (unpaired) electrons. The number of ether oxygens (including phenoxy) is 1. The summed E-state index contributed by atoms with van der Waals surface area (Å²) in [5.74, 6) is 0.273. The summed E-state index contributed by atoms with van der Waals surface area (Å²) >= 11 is 0. The van der Waals surface area contributed by atoms with Crippen molar-refractivity contribution in [1.29, 1.82) is 0 Å². The molecule has 0 atom stereocenters. The summed E-state index contributed by atoms with van der Waals surface area (Å²) in [5.41, 5.74) is 3.57. The zero-order valence-corrected chi connectivity index (χ0v) is 11.7. The second-order valence-corrected chi connectivity index (χ2v) is 4.70. The van der Waals surface area contributed by atoms with E-state index in [2.05, 4.69) is 5.10 Å². The number of carbonyl (C=O) groups is 1. The van der Waals surface area contributed by atoms with Crippen LogP contribution in [0.5, 0.6) is 5.75 Å². The predicted molar refractivity (Wildman–Crippen MR) is 73.5 cm³/mol. The first-order chi connectivity index (χ1) is 9.01. The number of aryl methyl sites for hydroxylation is 4. The fourth-order valence-corrected chi connectivity index (χ4v) is 2.12. The summed E-state index contributed by atoms with van der Waals surface area (Å²) < 4.78 is 7.18. The van der Waals surface area contributed by atoms with Gasteiger partial charge in [-0.25, -0.2) is 4.79 Å². The number of aromatic nitrogens is 2. The molecule has 0 aliphatic carbocycles. The molecule has 4 nitrogen and oxygen atoms in total. The van der Waals surface area contributed by atoms with E-state index in [1.807, 2.05) is 39.8 Å². The Morgan fingerprint density at radius 2 is 1.89 bits per heavy atom. The number of rotatable bonds is 3. The van der Waals surface area contributed by atoms with Gasteiger partial charge in [-0.2, -0.15) is 5.10 Å². The smallest absolute Gasteiger partial charge is 0.346 e. The summed E-state index contributed by atoms with van der Waals surface area (Å²) in [7, 11) is 0. The van der Waals surface area contributed by atoms with Crippen LogP contribution in [0.4, 0.5) is 0 Å². The Bertz CT molecular complexity index is 591. The number of hydrogen-bond acceptors (Lipinski definition) is 3. The molecule has 100 valence electrons. The Labute approximate surface area is 113 Å². The van der Waals surface area contributed by atoms with E-state index in [1.165, 1.54) is 6.20 Å². The lowest BCUT2D eigenvalue weighted by atomic mass is 10.1. The van der Waals surface area contributed by atoms with Crippen molar-refractivity contribution in [3.8, 4) is 5.75 Å². The molecule has 0 saturated heterocycles. The summed E-state index contributed by atoms with van der Waals surface area (Å²) in [5, 5.41) is 4.07. The highest BCUT2D eigenvalue weighted by Crippen LogP contribution is 2.25. The van der Waals surface area contributed by atoms with Crippen molar-refractivity contribution < 1.29 is 9.53 Å². The fraction of sp³-hybridized carbons (Fsp3) is 0.333. The summed E-state index contributed by atoms with van der Waals surface area (Å²) in [4.78, 5) is 12.1. The highest BCUT2D eigenvalue weighted by molar-refractivity contribution is 5.90. The van der Waals surface area contributed by atoms with Crippen molar-refractivity contribution in [3.05, 3.63) is 46.8 Å². The minimum absolute atomic E-state index is 0.366. The van der Waals surface area contributed by atoms with Gasteiger partial charge in [0.15, 0.2) is 0 Å². The van der Waals surface area contributed by atoms with E-state index in [1.54, 1.807) is 10.9 Å². The molecule has 4 heteroatoms. The molecule has 0 N–H and O–H groups in total. The van der Waals surface area contributed by atoms with Gasteiger partial charge in [-0.3, -0.25) is 4.68 Å². The van der Waals surface area contributed by atoms with E-state index in [0.29, 0.717) is 11.3 Å². The lowest BCUT2D eigenvalue weighted by Gasteiger charge is -2.10. The summed E-state index contributed by atoms with van der Waals surface area (Å²) in [6.07, 6.45) is 3.23. The molecule has 0 aliphatic rings. The van der Waals surface area contributed by atoms with Crippen molar-refractivity contribution >= 4 is 5.97 Å². The molecule has 0 bridgehead atoms. The third-order valence-corrected chi connectivity index (χ3v) is 2.99. The maximum atomic E-state index is 12.1. The van der Waals surface area contributed by atoms with E-state index < -0.39 is 0 Å². The second kappa shape index (κ2) is 5.26. The summed E-state index contributed by atoms with van der Waals surface area (Å²) in [6, 6.07) is 4.01. The SMILES string of the molecule is CCn1cc(C(=O)Oc2c(C)cc(C)cc2C)cn1. The molecule has 2 rings (SSSR count). The Morgan fingerprint density at radius 1 is 1.26 bits per heavy atom. The molecule has 0 amide bonds. The summed E-state index contributed by atoms with van der Waals surface area (Å²) in [6.45, 7) is 8.61. The molecule has 0 saturated carbocycles. The normalized spacial score (nSPS) is 10.5. The first-order valence-corrected chi connectivity index (χ1v) is 6.33. The van der Waals surface area contributed by atoms with Gasteiger partial charge in [-0.05, 0) is 38.8 Å². The first-order valence-electron chi connectivity index (χ1n) is 6.33. The first kappa shape index (κ1) is 13.3. The van der Waals surface area contributed by atoms with E-state index in [9.17, 15) is 4.79 Å². The van der Waals surface area contributed by atoms with Gasteiger partial charge in [0.2, 0.25) is 0 Å². The zero-order valence-electron chi connectivity index (χ0n) is 11.7. The fourth-order valence-electron chi connectivity index (χ4n) is 2.12.